The standard InChI is InChI=1S/C11H15N3O/c1-8(12)7-14-6-5-9-10(14)3-4-11(13-9)15-2/h3-6,8H,7,12H2,1-2H3. The van der Waals surface area contributed by atoms with Gasteiger partial charge in [-0.25, -0.2) is 4.98 Å². The van der Waals surface area contributed by atoms with Crippen molar-refractivity contribution >= 4 is 11.0 Å². The molecule has 0 aromatic carbocycles. The second kappa shape index (κ2) is 3.90. The van der Waals surface area contributed by atoms with Crippen molar-refractivity contribution in [3.8, 4) is 5.88 Å². The van der Waals surface area contributed by atoms with Crippen molar-refractivity contribution in [2.75, 3.05) is 7.11 Å². The van der Waals surface area contributed by atoms with E-state index in [0.29, 0.717) is 5.88 Å². The third kappa shape index (κ3) is 1.94. The smallest absolute Gasteiger partial charge is 0.213 e. The monoisotopic (exact) mass is 205 g/mol. The molecule has 0 fully saturated rings. The third-order valence-corrected chi connectivity index (χ3v) is 2.29. The van der Waals surface area contributed by atoms with Crippen LogP contribution in [0.3, 0.4) is 0 Å². The van der Waals surface area contributed by atoms with Crippen molar-refractivity contribution in [1.82, 2.24) is 9.55 Å². The van der Waals surface area contributed by atoms with Gasteiger partial charge in [-0.2, -0.15) is 0 Å². The van der Waals surface area contributed by atoms with Crippen LogP contribution in [0.4, 0.5) is 0 Å². The molecular formula is C11H15N3O. The fourth-order valence-corrected chi connectivity index (χ4v) is 1.64. The van der Waals surface area contributed by atoms with Gasteiger partial charge in [-0.1, -0.05) is 0 Å². The van der Waals surface area contributed by atoms with Crippen LogP contribution in [0.2, 0.25) is 0 Å². The number of ether oxygens (including phenoxy) is 1. The van der Waals surface area contributed by atoms with E-state index in [1.54, 1.807) is 7.11 Å². The van der Waals surface area contributed by atoms with E-state index in [1.807, 2.05) is 31.3 Å². The van der Waals surface area contributed by atoms with Crippen molar-refractivity contribution in [1.29, 1.82) is 0 Å². The molecule has 0 aliphatic carbocycles. The summed E-state index contributed by atoms with van der Waals surface area (Å²) in [6.07, 6.45) is 2.00. The minimum Gasteiger partial charge on any atom is -0.481 e. The third-order valence-electron chi connectivity index (χ3n) is 2.29. The SMILES string of the molecule is COc1ccc2c(ccn2CC(C)N)n1. The highest BCUT2D eigenvalue weighted by atomic mass is 16.5. The van der Waals surface area contributed by atoms with Crippen molar-refractivity contribution in [2.45, 2.75) is 19.5 Å². The van der Waals surface area contributed by atoms with E-state index < -0.39 is 0 Å². The van der Waals surface area contributed by atoms with Gasteiger partial charge >= 0.3 is 0 Å². The lowest BCUT2D eigenvalue weighted by Gasteiger charge is -2.08. The molecule has 0 radical (unpaired) electrons. The summed E-state index contributed by atoms with van der Waals surface area (Å²) in [5, 5.41) is 0. The van der Waals surface area contributed by atoms with Gasteiger partial charge in [-0.05, 0) is 19.1 Å². The van der Waals surface area contributed by atoms with Gasteiger partial charge < -0.3 is 15.0 Å². The van der Waals surface area contributed by atoms with Gasteiger partial charge in [-0.3, -0.25) is 0 Å². The number of pyridine rings is 1. The fraction of sp³-hybridized carbons (Fsp3) is 0.364. The molecule has 2 aromatic rings. The largest absolute Gasteiger partial charge is 0.481 e. The number of rotatable bonds is 3. The maximum atomic E-state index is 5.76. The molecule has 0 bridgehead atoms. The summed E-state index contributed by atoms with van der Waals surface area (Å²) in [5.41, 5.74) is 7.80. The molecular weight excluding hydrogens is 190 g/mol. The number of fused-ring (bicyclic) bond motifs is 1. The van der Waals surface area contributed by atoms with E-state index in [9.17, 15) is 0 Å². The van der Waals surface area contributed by atoms with Crippen molar-refractivity contribution in [3.63, 3.8) is 0 Å². The Hall–Kier alpha value is -1.55. The Morgan fingerprint density at radius 2 is 2.27 bits per heavy atom. The molecule has 0 saturated heterocycles. The average Bonchev–Trinajstić information content (AvgIpc) is 2.60. The van der Waals surface area contributed by atoms with E-state index >= 15 is 0 Å². The van der Waals surface area contributed by atoms with Crippen LogP contribution in [0.15, 0.2) is 24.4 Å². The minimum absolute atomic E-state index is 0.141. The predicted molar refractivity (Wildman–Crippen MR) is 59.9 cm³/mol. The lowest BCUT2D eigenvalue weighted by atomic mass is 10.3. The first-order valence-electron chi connectivity index (χ1n) is 4.96. The van der Waals surface area contributed by atoms with Crippen molar-refractivity contribution < 1.29 is 4.74 Å². The van der Waals surface area contributed by atoms with Crippen LogP contribution in [0.25, 0.3) is 11.0 Å². The number of hydrogen-bond acceptors (Lipinski definition) is 3. The van der Waals surface area contributed by atoms with Gasteiger partial charge in [0.2, 0.25) is 5.88 Å². The van der Waals surface area contributed by atoms with Crippen LogP contribution in [0.1, 0.15) is 6.92 Å². The van der Waals surface area contributed by atoms with Crippen LogP contribution in [-0.2, 0) is 6.54 Å². The van der Waals surface area contributed by atoms with E-state index in [4.69, 9.17) is 10.5 Å². The number of nitrogens with zero attached hydrogens (tertiary/aromatic N) is 2. The Balaban J connectivity index is 2.43. The molecule has 0 saturated carbocycles. The lowest BCUT2D eigenvalue weighted by molar-refractivity contribution is 0.399. The summed E-state index contributed by atoms with van der Waals surface area (Å²) in [6.45, 7) is 2.79. The van der Waals surface area contributed by atoms with Gasteiger partial charge in [0, 0.05) is 24.8 Å². The number of methoxy groups -OCH3 is 1. The molecule has 4 nitrogen and oxygen atoms in total. The highest BCUT2D eigenvalue weighted by Crippen LogP contribution is 2.17. The highest BCUT2D eigenvalue weighted by Gasteiger charge is 2.04. The first kappa shape index (κ1) is 9.98. The van der Waals surface area contributed by atoms with Gasteiger partial charge in [0.15, 0.2) is 0 Å². The maximum Gasteiger partial charge on any atom is 0.213 e. The maximum absolute atomic E-state index is 5.76. The molecule has 2 N–H and O–H groups in total. The average molecular weight is 205 g/mol. The van der Waals surface area contributed by atoms with E-state index in [1.165, 1.54) is 0 Å². The zero-order chi connectivity index (χ0) is 10.8. The van der Waals surface area contributed by atoms with Crippen molar-refractivity contribution in [3.05, 3.63) is 24.4 Å². The summed E-state index contributed by atoms with van der Waals surface area (Å²) >= 11 is 0. The molecule has 0 amide bonds. The quantitative estimate of drug-likeness (QED) is 0.823. The molecule has 0 aliphatic heterocycles. The summed E-state index contributed by atoms with van der Waals surface area (Å²) in [4.78, 5) is 4.34. The number of aromatic nitrogens is 2. The topological polar surface area (TPSA) is 53.1 Å². The minimum atomic E-state index is 0.141. The normalized spacial score (nSPS) is 13.0. The Morgan fingerprint density at radius 1 is 1.47 bits per heavy atom. The predicted octanol–water partition coefficient (Wildman–Crippen LogP) is 1.39. The highest BCUT2D eigenvalue weighted by molar-refractivity contribution is 5.76. The Labute approximate surface area is 88.7 Å². The number of hydrogen-bond donors (Lipinski definition) is 1. The summed E-state index contributed by atoms with van der Waals surface area (Å²) < 4.78 is 7.17. The van der Waals surface area contributed by atoms with Crippen LogP contribution < -0.4 is 10.5 Å². The van der Waals surface area contributed by atoms with E-state index in [0.717, 1.165) is 17.6 Å². The zero-order valence-electron chi connectivity index (χ0n) is 8.97. The van der Waals surface area contributed by atoms with Crippen molar-refractivity contribution in [2.24, 2.45) is 5.73 Å². The second-order valence-corrected chi connectivity index (χ2v) is 3.70. The van der Waals surface area contributed by atoms with E-state index in [-0.39, 0.29) is 6.04 Å². The summed E-state index contributed by atoms with van der Waals surface area (Å²) in [6, 6.07) is 5.98. The second-order valence-electron chi connectivity index (χ2n) is 3.70. The van der Waals surface area contributed by atoms with Crippen LogP contribution in [0.5, 0.6) is 5.88 Å². The zero-order valence-corrected chi connectivity index (χ0v) is 8.97. The van der Waals surface area contributed by atoms with Gasteiger partial charge in [-0.15, -0.1) is 0 Å². The summed E-state index contributed by atoms with van der Waals surface area (Å²) in [7, 11) is 1.62. The van der Waals surface area contributed by atoms with E-state index in [2.05, 4.69) is 9.55 Å². The van der Waals surface area contributed by atoms with Gasteiger partial charge in [0.1, 0.15) is 0 Å². The molecule has 4 heteroatoms. The molecule has 80 valence electrons. The first-order valence-corrected chi connectivity index (χ1v) is 4.96. The molecule has 2 aromatic heterocycles. The molecule has 1 unspecified atom stereocenters. The molecule has 15 heavy (non-hydrogen) atoms. The Bertz CT molecular complexity index is 462. The molecule has 2 rings (SSSR count). The lowest BCUT2D eigenvalue weighted by Crippen LogP contribution is -2.21. The molecule has 1 atom stereocenters. The Morgan fingerprint density at radius 3 is 2.93 bits per heavy atom. The van der Waals surface area contributed by atoms with Gasteiger partial charge in [0.25, 0.3) is 0 Å². The van der Waals surface area contributed by atoms with Crippen LogP contribution in [0, 0.1) is 0 Å². The number of nitrogens with two attached hydrogens (primary N) is 1. The Kier molecular flexibility index (Phi) is 2.60. The summed E-state index contributed by atoms with van der Waals surface area (Å²) in [5.74, 6) is 0.640. The molecule has 0 aliphatic rings. The van der Waals surface area contributed by atoms with Crippen LogP contribution >= 0.6 is 0 Å². The molecule has 0 spiro atoms. The van der Waals surface area contributed by atoms with Gasteiger partial charge in [0.05, 0.1) is 18.1 Å². The molecule has 2 heterocycles. The fourth-order valence-electron chi connectivity index (χ4n) is 1.64. The first-order chi connectivity index (χ1) is 7.20. The van der Waals surface area contributed by atoms with Crippen LogP contribution in [-0.4, -0.2) is 22.7 Å².